The maximum Gasteiger partial charge on any atom is 0.325 e. The normalized spacial score (nSPS) is 13.1. The minimum absolute atomic E-state index is 0.0425. The molecule has 1 atom stereocenters. The first kappa shape index (κ1) is 32.6. The van der Waals surface area contributed by atoms with Crippen molar-refractivity contribution in [3.63, 3.8) is 0 Å². The molecule has 13 nitrogen and oxygen atoms in total. The van der Waals surface area contributed by atoms with E-state index in [0.29, 0.717) is 79.0 Å². The number of ether oxygens (including phenoxy) is 5. The van der Waals surface area contributed by atoms with Crippen LogP contribution in [0.5, 0.6) is 0 Å². The SMILES string of the molecule is Cn1cc(COCCOCCOCCOCCOCCC(=O)NCCCCCCOP(C)(=O)O)nn1. The van der Waals surface area contributed by atoms with Gasteiger partial charge in [0.25, 0.3) is 0 Å². The predicted octanol–water partition coefficient (Wildman–Crippen LogP) is 1.30. The zero-order valence-electron chi connectivity index (χ0n) is 21.6. The van der Waals surface area contributed by atoms with Crippen LogP contribution in [0.1, 0.15) is 37.8 Å². The predicted molar refractivity (Wildman–Crippen MR) is 132 cm³/mol. The summed E-state index contributed by atoms with van der Waals surface area (Å²) in [5.41, 5.74) is 0.787. The lowest BCUT2D eigenvalue weighted by Crippen LogP contribution is -2.25. The second-order valence-corrected chi connectivity index (χ2v) is 9.90. The van der Waals surface area contributed by atoms with Gasteiger partial charge in [-0.05, 0) is 12.8 Å². The second-order valence-electron chi connectivity index (χ2n) is 8.04. The van der Waals surface area contributed by atoms with Gasteiger partial charge >= 0.3 is 7.60 Å². The zero-order chi connectivity index (χ0) is 26.3. The number of unbranched alkanes of at least 4 members (excludes halogenated alkanes) is 3. The van der Waals surface area contributed by atoms with Crippen molar-refractivity contribution in [1.82, 2.24) is 20.3 Å². The van der Waals surface area contributed by atoms with Gasteiger partial charge in [-0.2, -0.15) is 0 Å². The molecule has 1 unspecified atom stereocenters. The van der Waals surface area contributed by atoms with Gasteiger partial charge in [0, 0.05) is 26.7 Å². The van der Waals surface area contributed by atoms with Crippen molar-refractivity contribution in [1.29, 1.82) is 0 Å². The number of nitrogens with one attached hydrogen (secondary N) is 1. The van der Waals surface area contributed by atoms with Gasteiger partial charge in [-0.3, -0.25) is 14.0 Å². The Balaban J connectivity index is 1.72. The highest BCUT2D eigenvalue weighted by atomic mass is 31.2. The van der Waals surface area contributed by atoms with Crippen LogP contribution in [0.4, 0.5) is 0 Å². The molecule has 2 N–H and O–H groups in total. The molecule has 0 aliphatic carbocycles. The van der Waals surface area contributed by atoms with Crippen molar-refractivity contribution in [3.8, 4) is 0 Å². The molecule has 1 aromatic heterocycles. The number of aromatic nitrogens is 3. The molecule has 0 aromatic carbocycles. The summed E-state index contributed by atoms with van der Waals surface area (Å²) in [4.78, 5) is 20.7. The highest BCUT2D eigenvalue weighted by Crippen LogP contribution is 2.36. The number of amides is 1. The van der Waals surface area contributed by atoms with Crippen molar-refractivity contribution >= 4 is 13.5 Å². The van der Waals surface area contributed by atoms with Crippen LogP contribution in [0.3, 0.4) is 0 Å². The molecule has 1 rings (SSSR count). The molecule has 0 spiro atoms. The van der Waals surface area contributed by atoms with Crippen LogP contribution in [0.2, 0.25) is 0 Å². The topological polar surface area (TPSA) is 152 Å². The molecule has 1 amide bonds. The van der Waals surface area contributed by atoms with Gasteiger partial charge in [0.1, 0.15) is 5.69 Å². The Bertz CT molecular complexity index is 717. The van der Waals surface area contributed by atoms with E-state index in [1.165, 1.54) is 6.66 Å². The first-order valence-electron chi connectivity index (χ1n) is 12.3. The van der Waals surface area contributed by atoms with E-state index in [9.17, 15) is 9.36 Å². The van der Waals surface area contributed by atoms with Crippen molar-refractivity contribution in [2.75, 3.05) is 79.3 Å². The van der Waals surface area contributed by atoms with Crippen LogP contribution >= 0.6 is 7.60 Å². The van der Waals surface area contributed by atoms with Crippen LogP contribution in [-0.4, -0.2) is 105 Å². The molecule has 210 valence electrons. The van der Waals surface area contributed by atoms with Gasteiger partial charge in [0.15, 0.2) is 0 Å². The van der Waals surface area contributed by atoms with Gasteiger partial charge in [-0.25, -0.2) is 0 Å². The fraction of sp³-hybridized carbons (Fsp3) is 0.864. The molecule has 0 aliphatic rings. The quantitative estimate of drug-likeness (QED) is 0.137. The third kappa shape index (κ3) is 21.8. The Hall–Kier alpha value is -1.44. The molecular weight excluding hydrogens is 495 g/mol. The van der Waals surface area contributed by atoms with Crippen LogP contribution in [0.15, 0.2) is 6.20 Å². The van der Waals surface area contributed by atoms with Crippen molar-refractivity contribution in [3.05, 3.63) is 11.9 Å². The summed E-state index contributed by atoms with van der Waals surface area (Å²) >= 11 is 0. The number of hydrogen-bond acceptors (Lipinski definition) is 10. The summed E-state index contributed by atoms with van der Waals surface area (Å²) < 4.78 is 44.5. The summed E-state index contributed by atoms with van der Waals surface area (Å²) in [6.45, 7) is 6.58. The van der Waals surface area contributed by atoms with E-state index >= 15 is 0 Å². The minimum Gasteiger partial charge on any atom is -0.379 e. The summed E-state index contributed by atoms with van der Waals surface area (Å²) in [6, 6.07) is 0. The smallest absolute Gasteiger partial charge is 0.325 e. The van der Waals surface area contributed by atoms with E-state index < -0.39 is 7.60 Å². The number of aryl methyl sites for hydroxylation is 1. The van der Waals surface area contributed by atoms with E-state index in [1.807, 2.05) is 13.2 Å². The molecule has 0 saturated carbocycles. The van der Waals surface area contributed by atoms with E-state index in [4.69, 9.17) is 33.1 Å². The third-order valence-corrected chi connectivity index (χ3v) is 5.25. The minimum atomic E-state index is -3.37. The highest BCUT2D eigenvalue weighted by Gasteiger charge is 2.08. The Labute approximate surface area is 213 Å². The van der Waals surface area contributed by atoms with Crippen LogP contribution in [0, 0.1) is 0 Å². The summed E-state index contributed by atoms with van der Waals surface area (Å²) in [5.74, 6) is -0.0425. The molecule has 0 radical (unpaired) electrons. The summed E-state index contributed by atoms with van der Waals surface area (Å²) in [6.07, 6.45) is 5.52. The number of rotatable bonds is 25. The van der Waals surface area contributed by atoms with Crippen molar-refractivity contribution in [2.45, 2.75) is 38.7 Å². The standard InChI is InChI=1S/C22H43N4O9P/c1-26-19-21(24-25-26)20-34-18-17-33-16-15-32-14-13-31-12-11-30-10-7-22(27)23-8-5-3-4-6-9-35-36(2,28)29/h19H,3-18,20H2,1-2H3,(H,23,27)(H,28,29). The van der Waals surface area contributed by atoms with Crippen molar-refractivity contribution in [2.24, 2.45) is 7.05 Å². The van der Waals surface area contributed by atoms with Crippen molar-refractivity contribution < 1.29 is 42.5 Å². The molecule has 0 fully saturated rings. The molecule has 1 aromatic rings. The van der Waals surface area contributed by atoms with Crippen LogP contribution < -0.4 is 5.32 Å². The maximum atomic E-state index is 11.7. The molecule has 1 heterocycles. The lowest BCUT2D eigenvalue weighted by Gasteiger charge is -2.08. The van der Waals surface area contributed by atoms with E-state index in [-0.39, 0.29) is 12.5 Å². The monoisotopic (exact) mass is 538 g/mol. The van der Waals surface area contributed by atoms with Crippen LogP contribution in [0.25, 0.3) is 0 Å². The Morgan fingerprint density at radius 1 is 0.889 bits per heavy atom. The lowest BCUT2D eigenvalue weighted by molar-refractivity contribution is -0.122. The first-order valence-corrected chi connectivity index (χ1v) is 14.3. The van der Waals surface area contributed by atoms with Gasteiger partial charge in [0.05, 0.1) is 78.9 Å². The zero-order valence-corrected chi connectivity index (χ0v) is 22.5. The van der Waals surface area contributed by atoms with Gasteiger partial charge in [-0.15, -0.1) is 5.10 Å². The van der Waals surface area contributed by atoms with Crippen LogP contribution in [-0.2, 0) is 51.2 Å². The molecule has 36 heavy (non-hydrogen) atoms. The van der Waals surface area contributed by atoms with E-state index in [1.54, 1.807) is 4.68 Å². The second kappa shape index (κ2) is 21.6. The van der Waals surface area contributed by atoms with Gasteiger partial charge in [-0.1, -0.05) is 18.1 Å². The fourth-order valence-corrected chi connectivity index (χ4v) is 3.28. The van der Waals surface area contributed by atoms with E-state index in [0.717, 1.165) is 31.4 Å². The first-order chi connectivity index (χ1) is 17.4. The summed E-state index contributed by atoms with van der Waals surface area (Å²) in [7, 11) is -1.56. The molecule has 0 saturated heterocycles. The van der Waals surface area contributed by atoms with Gasteiger partial charge < -0.3 is 38.4 Å². The maximum absolute atomic E-state index is 11.7. The van der Waals surface area contributed by atoms with E-state index in [2.05, 4.69) is 15.6 Å². The molecular formula is C22H43N4O9P. The Morgan fingerprint density at radius 2 is 1.44 bits per heavy atom. The molecule has 0 bridgehead atoms. The Morgan fingerprint density at radius 3 is 2.00 bits per heavy atom. The number of carbonyl (C=O) groups is 1. The third-order valence-electron chi connectivity index (χ3n) is 4.59. The highest BCUT2D eigenvalue weighted by molar-refractivity contribution is 7.51. The fourth-order valence-electron chi connectivity index (χ4n) is 2.81. The molecule has 0 aliphatic heterocycles. The molecule has 14 heteroatoms. The summed E-state index contributed by atoms with van der Waals surface area (Å²) in [5, 5.41) is 10.6. The number of hydrogen-bond donors (Lipinski definition) is 2. The average Bonchev–Trinajstić information content (AvgIpc) is 3.24. The van der Waals surface area contributed by atoms with Gasteiger partial charge in [0.2, 0.25) is 5.91 Å². The lowest BCUT2D eigenvalue weighted by atomic mass is 10.2. The average molecular weight is 539 g/mol. The number of carbonyl (C=O) groups excluding carboxylic acids is 1. The largest absolute Gasteiger partial charge is 0.379 e. The number of nitrogens with zero attached hydrogens (tertiary/aromatic N) is 3. The Kier molecular flexibility index (Phi) is 19.6.